The van der Waals surface area contributed by atoms with Gasteiger partial charge in [0.1, 0.15) is 28.8 Å². The summed E-state index contributed by atoms with van der Waals surface area (Å²) in [6, 6.07) is 22.9. The van der Waals surface area contributed by atoms with Crippen LogP contribution in [0.25, 0.3) is 21.9 Å². The van der Waals surface area contributed by atoms with Crippen LogP contribution >= 0.6 is 0 Å². The highest BCUT2D eigenvalue weighted by molar-refractivity contribution is 5.96. The summed E-state index contributed by atoms with van der Waals surface area (Å²) in [5.41, 5.74) is 1.71. The van der Waals surface area contributed by atoms with Gasteiger partial charge in [0.15, 0.2) is 0 Å². The van der Waals surface area contributed by atoms with Crippen LogP contribution in [0.3, 0.4) is 0 Å². The van der Waals surface area contributed by atoms with Crippen molar-refractivity contribution >= 4 is 10.8 Å². The Labute approximate surface area is 175 Å². The Morgan fingerprint density at radius 3 is 2.30 bits per heavy atom. The predicted octanol–water partition coefficient (Wildman–Crippen LogP) is 7.32. The molecule has 0 aliphatic heterocycles. The number of hydrogen-bond acceptors (Lipinski definition) is 3. The molecule has 4 rings (SSSR count). The van der Waals surface area contributed by atoms with E-state index in [-0.39, 0.29) is 11.6 Å². The Bertz CT molecular complexity index is 1140. The molecule has 0 saturated carbocycles. The molecule has 0 amide bonds. The zero-order valence-corrected chi connectivity index (χ0v) is 16.8. The van der Waals surface area contributed by atoms with E-state index in [0.29, 0.717) is 18.1 Å². The van der Waals surface area contributed by atoms with E-state index in [1.165, 1.54) is 12.1 Å². The van der Waals surface area contributed by atoms with Crippen LogP contribution in [-0.4, -0.2) is 11.7 Å². The molecule has 4 heteroatoms. The highest BCUT2D eigenvalue weighted by Crippen LogP contribution is 2.40. The van der Waals surface area contributed by atoms with Crippen molar-refractivity contribution in [1.29, 1.82) is 0 Å². The van der Waals surface area contributed by atoms with Gasteiger partial charge in [-0.3, -0.25) is 0 Å². The Morgan fingerprint density at radius 1 is 0.833 bits per heavy atom. The summed E-state index contributed by atoms with van der Waals surface area (Å²) in [5, 5.41) is 11.5. The van der Waals surface area contributed by atoms with E-state index >= 15 is 0 Å². The second-order valence-electron chi connectivity index (χ2n) is 7.13. The van der Waals surface area contributed by atoms with Gasteiger partial charge in [0, 0.05) is 10.9 Å². The molecule has 0 unspecified atom stereocenters. The number of ether oxygens (including phenoxy) is 2. The maximum Gasteiger partial charge on any atom is 0.143 e. The maximum atomic E-state index is 13.4. The molecule has 3 nitrogen and oxygen atoms in total. The molecule has 0 radical (unpaired) electrons. The standard InChI is InChI=1S/C26H23FO3/c1-2-3-16-29-23-13-15-25-19(17-23)6-14-24(18-4-7-20(27)8-5-18)26(25)30-22-11-9-21(28)10-12-22/h4-15,17,28H,2-3,16H2,1H3. The number of phenols is 1. The maximum absolute atomic E-state index is 13.4. The summed E-state index contributed by atoms with van der Waals surface area (Å²) in [7, 11) is 0. The lowest BCUT2D eigenvalue weighted by atomic mass is 9.99. The van der Waals surface area contributed by atoms with Crippen LogP contribution in [0.2, 0.25) is 0 Å². The first-order chi connectivity index (χ1) is 14.6. The molecular formula is C26H23FO3. The quantitative estimate of drug-likeness (QED) is 0.329. The summed E-state index contributed by atoms with van der Waals surface area (Å²) in [4.78, 5) is 0. The minimum Gasteiger partial charge on any atom is -0.508 e. The molecule has 0 saturated heterocycles. The van der Waals surface area contributed by atoms with Gasteiger partial charge in [0.2, 0.25) is 0 Å². The molecule has 30 heavy (non-hydrogen) atoms. The summed E-state index contributed by atoms with van der Waals surface area (Å²) >= 11 is 0. The van der Waals surface area contributed by atoms with Gasteiger partial charge < -0.3 is 14.6 Å². The van der Waals surface area contributed by atoms with Crippen molar-refractivity contribution in [2.24, 2.45) is 0 Å². The van der Waals surface area contributed by atoms with Gasteiger partial charge in [-0.1, -0.05) is 31.5 Å². The highest BCUT2D eigenvalue weighted by atomic mass is 19.1. The third kappa shape index (κ3) is 4.38. The van der Waals surface area contributed by atoms with E-state index in [4.69, 9.17) is 9.47 Å². The smallest absolute Gasteiger partial charge is 0.143 e. The fraction of sp³-hybridized carbons (Fsp3) is 0.154. The lowest BCUT2D eigenvalue weighted by Crippen LogP contribution is -1.96. The van der Waals surface area contributed by atoms with Crippen molar-refractivity contribution in [1.82, 2.24) is 0 Å². The van der Waals surface area contributed by atoms with Crippen LogP contribution < -0.4 is 9.47 Å². The Hall–Kier alpha value is -3.53. The zero-order valence-electron chi connectivity index (χ0n) is 16.8. The molecule has 4 aromatic carbocycles. The number of aromatic hydroxyl groups is 1. The molecule has 1 N–H and O–H groups in total. The molecule has 0 atom stereocenters. The second-order valence-corrected chi connectivity index (χ2v) is 7.13. The average Bonchev–Trinajstić information content (AvgIpc) is 2.76. The normalized spacial score (nSPS) is 10.9. The Kier molecular flexibility index (Phi) is 5.84. The van der Waals surface area contributed by atoms with E-state index < -0.39 is 0 Å². The lowest BCUT2D eigenvalue weighted by molar-refractivity contribution is 0.310. The van der Waals surface area contributed by atoms with Gasteiger partial charge in [-0.2, -0.15) is 0 Å². The van der Waals surface area contributed by atoms with Crippen molar-refractivity contribution < 1.29 is 19.0 Å². The Balaban J connectivity index is 1.79. The van der Waals surface area contributed by atoms with E-state index in [0.717, 1.165) is 40.5 Å². The summed E-state index contributed by atoms with van der Waals surface area (Å²) in [6.45, 7) is 2.82. The molecule has 0 aliphatic rings. The van der Waals surface area contributed by atoms with E-state index in [9.17, 15) is 9.50 Å². The second kappa shape index (κ2) is 8.87. The first-order valence-electron chi connectivity index (χ1n) is 10.1. The van der Waals surface area contributed by atoms with Crippen molar-refractivity contribution in [2.75, 3.05) is 6.61 Å². The molecular weight excluding hydrogens is 379 g/mol. The van der Waals surface area contributed by atoms with Crippen LogP contribution in [-0.2, 0) is 0 Å². The van der Waals surface area contributed by atoms with Crippen LogP contribution in [0, 0.1) is 5.82 Å². The summed E-state index contributed by atoms with van der Waals surface area (Å²) in [6.07, 6.45) is 2.09. The molecule has 0 heterocycles. The first-order valence-corrected chi connectivity index (χ1v) is 10.1. The SMILES string of the molecule is CCCCOc1ccc2c(Oc3ccc(O)cc3)c(-c3ccc(F)cc3)ccc2c1. The molecule has 152 valence electrons. The van der Waals surface area contributed by atoms with Gasteiger partial charge in [-0.05, 0) is 78.0 Å². The number of phenolic OH excluding ortho intramolecular Hbond substituents is 1. The molecule has 0 spiro atoms. The fourth-order valence-electron chi connectivity index (χ4n) is 3.30. The molecule has 4 aromatic rings. The third-order valence-corrected chi connectivity index (χ3v) is 4.92. The number of halogens is 1. The lowest BCUT2D eigenvalue weighted by Gasteiger charge is -2.16. The van der Waals surface area contributed by atoms with Gasteiger partial charge >= 0.3 is 0 Å². The molecule has 0 bridgehead atoms. The predicted molar refractivity (Wildman–Crippen MR) is 118 cm³/mol. The van der Waals surface area contributed by atoms with E-state index in [1.807, 2.05) is 30.3 Å². The zero-order chi connectivity index (χ0) is 20.9. The van der Waals surface area contributed by atoms with Crippen molar-refractivity contribution in [3.05, 3.63) is 84.7 Å². The van der Waals surface area contributed by atoms with Gasteiger partial charge in [-0.15, -0.1) is 0 Å². The largest absolute Gasteiger partial charge is 0.508 e. The molecule has 0 fully saturated rings. The van der Waals surface area contributed by atoms with E-state index in [1.54, 1.807) is 36.4 Å². The monoisotopic (exact) mass is 402 g/mol. The summed E-state index contributed by atoms with van der Waals surface area (Å²) < 4.78 is 25.5. The van der Waals surface area contributed by atoms with Crippen molar-refractivity contribution in [2.45, 2.75) is 19.8 Å². The number of rotatable bonds is 7. The fourth-order valence-corrected chi connectivity index (χ4v) is 3.30. The van der Waals surface area contributed by atoms with Gasteiger partial charge in [0.25, 0.3) is 0 Å². The molecule has 0 aromatic heterocycles. The number of fused-ring (bicyclic) bond motifs is 1. The van der Waals surface area contributed by atoms with Crippen LogP contribution in [0.15, 0.2) is 78.9 Å². The van der Waals surface area contributed by atoms with Crippen molar-refractivity contribution in [3.8, 4) is 34.1 Å². The third-order valence-electron chi connectivity index (χ3n) is 4.92. The first kappa shape index (κ1) is 19.8. The highest BCUT2D eigenvalue weighted by Gasteiger charge is 2.13. The number of unbranched alkanes of at least 4 members (excludes halogenated alkanes) is 1. The van der Waals surface area contributed by atoms with Crippen molar-refractivity contribution in [3.63, 3.8) is 0 Å². The average molecular weight is 402 g/mol. The summed E-state index contributed by atoms with van der Waals surface area (Å²) in [5.74, 6) is 1.99. The molecule has 0 aliphatic carbocycles. The van der Waals surface area contributed by atoms with Crippen LogP contribution in [0.4, 0.5) is 4.39 Å². The topological polar surface area (TPSA) is 38.7 Å². The van der Waals surface area contributed by atoms with Crippen LogP contribution in [0.1, 0.15) is 19.8 Å². The van der Waals surface area contributed by atoms with Gasteiger partial charge in [0.05, 0.1) is 6.61 Å². The minimum absolute atomic E-state index is 0.174. The Morgan fingerprint density at radius 2 is 1.57 bits per heavy atom. The van der Waals surface area contributed by atoms with E-state index in [2.05, 4.69) is 6.92 Å². The number of benzene rings is 4. The number of hydrogen-bond donors (Lipinski definition) is 1. The van der Waals surface area contributed by atoms with Gasteiger partial charge in [-0.25, -0.2) is 4.39 Å². The van der Waals surface area contributed by atoms with Crippen LogP contribution in [0.5, 0.6) is 23.0 Å². The minimum atomic E-state index is -0.283.